The van der Waals surface area contributed by atoms with E-state index in [0.29, 0.717) is 12.8 Å². The Morgan fingerprint density at radius 2 is 2.22 bits per heavy atom. The van der Waals surface area contributed by atoms with Crippen molar-refractivity contribution in [1.29, 1.82) is 0 Å². The Hall–Kier alpha value is -1.52. The van der Waals surface area contributed by atoms with Gasteiger partial charge in [-0.2, -0.15) is 0 Å². The fraction of sp³-hybridized carbons (Fsp3) is 0.692. The highest BCUT2D eigenvalue weighted by atomic mass is 16.6. The van der Waals surface area contributed by atoms with Gasteiger partial charge in [-0.25, -0.2) is 4.79 Å². The molecule has 3 unspecified atom stereocenters. The molecule has 1 amide bonds. The summed E-state index contributed by atoms with van der Waals surface area (Å²) in [6.07, 6.45) is 6.13. The third-order valence-corrected chi connectivity index (χ3v) is 3.40. The van der Waals surface area contributed by atoms with Crippen LogP contribution in [0.15, 0.2) is 12.2 Å². The van der Waals surface area contributed by atoms with E-state index in [1.807, 2.05) is 12.2 Å². The molecule has 0 bridgehead atoms. The van der Waals surface area contributed by atoms with Crippen molar-refractivity contribution < 1.29 is 19.1 Å². The Bertz CT molecular complexity index is 364. The van der Waals surface area contributed by atoms with E-state index in [0.717, 1.165) is 12.8 Å². The minimum absolute atomic E-state index is 0.0132. The Kier molecular flexibility index (Phi) is 3.89. The number of carbonyl (C=O) groups is 2. The van der Waals surface area contributed by atoms with Crippen molar-refractivity contribution in [3.63, 3.8) is 0 Å². The molecule has 1 aliphatic carbocycles. The summed E-state index contributed by atoms with van der Waals surface area (Å²) in [5.41, 5.74) is 0. The van der Waals surface area contributed by atoms with Crippen LogP contribution in [0.4, 0.5) is 4.79 Å². The zero-order valence-corrected chi connectivity index (χ0v) is 10.8. The Labute approximate surface area is 107 Å². The second-order valence-electron chi connectivity index (χ2n) is 5.05. The summed E-state index contributed by atoms with van der Waals surface area (Å²) >= 11 is 0. The predicted molar refractivity (Wildman–Crippen MR) is 64.9 cm³/mol. The van der Waals surface area contributed by atoms with Gasteiger partial charge in [-0.05, 0) is 18.9 Å². The van der Waals surface area contributed by atoms with Crippen LogP contribution in [0.3, 0.4) is 0 Å². The summed E-state index contributed by atoms with van der Waals surface area (Å²) in [7, 11) is 3.32. The molecule has 1 saturated heterocycles. The second kappa shape index (κ2) is 5.42. The number of fused-ring (bicyclic) bond motifs is 1. The van der Waals surface area contributed by atoms with E-state index in [2.05, 4.69) is 0 Å². The van der Waals surface area contributed by atoms with E-state index in [-0.39, 0.29) is 30.2 Å². The maximum Gasteiger partial charge on any atom is 0.409 e. The normalized spacial score (nSPS) is 31.0. The van der Waals surface area contributed by atoms with Gasteiger partial charge in [0.2, 0.25) is 0 Å². The van der Waals surface area contributed by atoms with Crippen LogP contribution in [0.2, 0.25) is 0 Å². The first-order valence-corrected chi connectivity index (χ1v) is 6.30. The largest absolute Gasteiger partial charge is 0.462 e. The SMILES string of the molecule is CN(C)C(=O)OC1C=CCC2OC(=O)CC2CC1. The molecule has 0 saturated carbocycles. The number of hydrogen-bond donors (Lipinski definition) is 0. The monoisotopic (exact) mass is 253 g/mol. The van der Waals surface area contributed by atoms with Gasteiger partial charge in [0.1, 0.15) is 12.2 Å². The molecule has 5 nitrogen and oxygen atoms in total. The number of amides is 1. The summed E-state index contributed by atoms with van der Waals surface area (Å²) in [5.74, 6) is 0.158. The minimum atomic E-state index is -0.333. The lowest BCUT2D eigenvalue weighted by atomic mass is 9.90. The third-order valence-electron chi connectivity index (χ3n) is 3.40. The highest BCUT2D eigenvalue weighted by Gasteiger charge is 2.35. The molecule has 0 radical (unpaired) electrons. The lowest BCUT2D eigenvalue weighted by Crippen LogP contribution is -2.28. The zero-order chi connectivity index (χ0) is 13.1. The van der Waals surface area contributed by atoms with Gasteiger partial charge in [0.05, 0.1) is 6.42 Å². The second-order valence-corrected chi connectivity index (χ2v) is 5.05. The smallest absolute Gasteiger partial charge is 0.409 e. The Morgan fingerprint density at radius 3 is 2.94 bits per heavy atom. The number of esters is 1. The fourth-order valence-electron chi connectivity index (χ4n) is 2.36. The number of hydrogen-bond acceptors (Lipinski definition) is 4. The van der Waals surface area contributed by atoms with Crippen LogP contribution >= 0.6 is 0 Å². The number of ether oxygens (including phenoxy) is 2. The maximum atomic E-state index is 11.5. The van der Waals surface area contributed by atoms with Crippen molar-refractivity contribution in [3.05, 3.63) is 12.2 Å². The van der Waals surface area contributed by atoms with Gasteiger partial charge in [-0.3, -0.25) is 4.79 Å². The molecular formula is C13H19NO4. The minimum Gasteiger partial charge on any atom is -0.462 e. The Morgan fingerprint density at radius 1 is 1.44 bits per heavy atom. The summed E-state index contributed by atoms with van der Waals surface area (Å²) in [4.78, 5) is 24.1. The van der Waals surface area contributed by atoms with Crippen molar-refractivity contribution in [3.8, 4) is 0 Å². The zero-order valence-electron chi connectivity index (χ0n) is 10.8. The van der Waals surface area contributed by atoms with Crippen LogP contribution in [0.5, 0.6) is 0 Å². The molecule has 1 aliphatic heterocycles. The van der Waals surface area contributed by atoms with E-state index in [9.17, 15) is 9.59 Å². The first kappa shape index (κ1) is 12.9. The summed E-state index contributed by atoms with van der Waals surface area (Å²) in [5, 5.41) is 0. The van der Waals surface area contributed by atoms with E-state index >= 15 is 0 Å². The number of nitrogens with zero attached hydrogens (tertiary/aromatic N) is 1. The van der Waals surface area contributed by atoms with Gasteiger partial charge in [0, 0.05) is 26.4 Å². The highest BCUT2D eigenvalue weighted by molar-refractivity contribution is 5.72. The molecule has 2 rings (SSSR count). The average molecular weight is 253 g/mol. The lowest BCUT2D eigenvalue weighted by Gasteiger charge is -2.23. The van der Waals surface area contributed by atoms with Crippen molar-refractivity contribution >= 4 is 12.1 Å². The topological polar surface area (TPSA) is 55.8 Å². The van der Waals surface area contributed by atoms with Crippen LogP contribution < -0.4 is 0 Å². The van der Waals surface area contributed by atoms with Gasteiger partial charge in [0.25, 0.3) is 0 Å². The summed E-state index contributed by atoms with van der Waals surface area (Å²) in [6.45, 7) is 0. The van der Waals surface area contributed by atoms with Crippen molar-refractivity contribution in [2.24, 2.45) is 5.92 Å². The van der Waals surface area contributed by atoms with E-state index in [1.54, 1.807) is 14.1 Å². The van der Waals surface area contributed by atoms with Crippen molar-refractivity contribution in [2.45, 2.75) is 37.9 Å². The van der Waals surface area contributed by atoms with Crippen molar-refractivity contribution in [2.75, 3.05) is 14.1 Å². The molecule has 0 spiro atoms. The van der Waals surface area contributed by atoms with Gasteiger partial charge in [0.15, 0.2) is 0 Å². The van der Waals surface area contributed by atoms with Gasteiger partial charge in [-0.1, -0.05) is 6.08 Å². The molecule has 2 aliphatic rings. The van der Waals surface area contributed by atoms with Crippen LogP contribution in [0.25, 0.3) is 0 Å². The standard InChI is InChI=1S/C13H19NO4/c1-14(2)13(16)17-10-4-3-5-11-9(6-7-10)8-12(15)18-11/h3-4,9-11H,5-8H2,1-2H3. The van der Waals surface area contributed by atoms with Gasteiger partial charge in [-0.15, -0.1) is 0 Å². The number of rotatable bonds is 1. The summed E-state index contributed by atoms with van der Waals surface area (Å²) < 4.78 is 10.6. The summed E-state index contributed by atoms with van der Waals surface area (Å²) in [6, 6.07) is 0. The molecule has 0 N–H and O–H groups in total. The fourth-order valence-corrected chi connectivity index (χ4v) is 2.36. The van der Waals surface area contributed by atoms with Crippen LogP contribution in [0.1, 0.15) is 25.7 Å². The lowest BCUT2D eigenvalue weighted by molar-refractivity contribution is -0.141. The van der Waals surface area contributed by atoms with Gasteiger partial charge < -0.3 is 14.4 Å². The molecular weight excluding hydrogens is 234 g/mol. The average Bonchev–Trinajstić information content (AvgIpc) is 2.62. The predicted octanol–water partition coefficient (Wildman–Crippen LogP) is 1.72. The van der Waals surface area contributed by atoms with Crippen LogP contribution in [-0.2, 0) is 14.3 Å². The van der Waals surface area contributed by atoms with Crippen LogP contribution in [-0.4, -0.2) is 43.3 Å². The molecule has 0 aromatic carbocycles. The maximum absolute atomic E-state index is 11.5. The molecule has 18 heavy (non-hydrogen) atoms. The van der Waals surface area contributed by atoms with E-state index in [4.69, 9.17) is 9.47 Å². The molecule has 3 atom stereocenters. The molecule has 100 valence electrons. The molecule has 5 heteroatoms. The van der Waals surface area contributed by atoms with E-state index < -0.39 is 0 Å². The number of carbonyl (C=O) groups excluding carboxylic acids is 2. The first-order valence-electron chi connectivity index (χ1n) is 6.30. The van der Waals surface area contributed by atoms with Crippen LogP contribution in [0, 0.1) is 5.92 Å². The first-order chi connectivity index (χ1) is 8.56. The van der Waals surface area contributed by atoms with Crippen molar-refractivity contribution in [1.82, 2.24) is 4.90 Å². The Balaban J connectivity index is 1.93. The molecule has 0 aromatic heterocycles. The highest BCUT2D eigenvalue weighted by Crippen LogP contribution is 2.31. The van der Waals surface area contributed by atoms with Gasteiger partial charge >= 0.3 is 12.1 Å². The molecule has 1 fully saturated rings. The molecule has 1 heterocycles. The molecule has 0 aromatic rings. The quantitative estimate of drug-likeness (QED) is 0.527. The van der Waals surface area contributed by atoms with E-state index in [1.165, 1.54) is 4.90 Å². The third kappa shape index (κ3) is 3.03.